The number of thiol groups is 1. The van der Waals surface area contributed by atoms with Crippen molar-refractivity contribution in [3.8, 4) is 0 Å². The van der Waals surface area contributed by atoms with Crippen molar-refractivity contribution in [2.45, 2.75) is 6.92 Å². The number of nitrogens with zero attached hydrogens (tertiary/aromatic N) is 2. The molecule has 78 valence electrons. The number of oxazole rings is 1. The first-order valence-corrected chi connectivity index (χ1v) is 4.86. The molecule has 0 saturated carbocycles. The van der Waals surface area contributed by atoms with Crippen LogP contribution < -0.4 is 4.90 Å². The van der Waals surface area contributed by atoms with E-state index in [1.807, 2.05) is 0 Å². The van der Waals surface area contributed by atoms with Crippen molar-refractivity contribution in [3.05, 3.63) is 24.1 Å². The predicted molar refractivity (Wildman–Crippen MR) is 61.5 cm³/mol. The summed E-state index contributed by atoms with van der Waals surface area (Å²) < 4.78 is 5.33. The Balaban J connectivity index is 2.50. The summed E-state index contributed by atoms with van der Waals surface area (Å²) in [6.07, 6.45) is 0. The lowest BCUT2D eigenvalue weighted by atomic mass is 10.3. The monoisotopic (exact) mass is 222 g/mol. The van der Waals surface area contributed by atoms with E-state index in [0.717, 1.165) is 16.8 Å². The third-order valence-electron chi connectivity index (χ3n) is 2.15. The number of aryl methyl sites for hydroxylation is 1. The number of amides is 1. The van der Waals surface area contributed by atoms with Gasteiger partial charge >= 0.3 is 0 Å². The number of anilines is 1. The Morgan fingerprint density at radius 2 is 2.27 bits per heavy atom. The Morgan fingerprint density at radius 3 is 2.93 bits per heavy atom. The van der Waals surface area contributed by atoms with Gasteiger partial charge in [-0.15, -0.1) is 0 Å². The van der Waals surface area contributed by atoms with E-state index in [0.29, 0.717) is 5.89 Å². The molecule has 0 saturated heterocycles. The average molecular weight is 222 g/mol. The molecule has 2 aromatic rings. The number of rotatable bonds is 1. The maximum absolute atomic E-state index is 11.0. The summed E-state index contributed by atoms with van der Waals surface area (Å²) in [7, 11) is 1.66. The van der Waals surface area contributed by atoms with Gasteiger partial charge in [0.1, 0.15) is 5.52 Å². The molecular formula is C10H10N2O2S. The Labute approximate surface area is 92.3 Å². The van der Waals surface area contributed by atoms with E-state index in [4.69, 9.17) is 4.42 Å². The first-order valence-electron chi connectivity index (χ1n) is 4.42. The van der Waals surface area contributed by atoms with Crippen LogP contribution >= 0.6 is 12.6 Å². The van der Waals surface area contributed by atoms with Crippen molar-refractivity contribution in [1.29, 1.82) is 0 Å². The zero-order chi connectivity index (χ0) is 11.0. The van der Waals surface area contributed by atoms with Crippen LogP contribution in [0.1, 0.15) is 5.89 Å². The van der Waals surface area contributed by atoms with E-state index in [1.54, 1.807) is 32.2 Å². The van der Waals surface area contributed by atoms with Crippen LogP contribution in [0.15, 0.2) is 22.6 Å². The topological polar surface area (TPSA) is 46.3 Å². The third-order valence-corrected chi connectivity index (χ3v) is 2.45. The molecule has 0 N–H and O–H groups in total. The van der Waals surface area contributed by atoms with Crippen LogP contribution in [0.2, 0.25) is 0 Å². The Morgan fingerprint density at radius 1 is 1.53 bits per heavy atom. The number of benzene rings is 1. The zero-order valence-corrected chi connectivity index (χ0v) is 9.28. The van der Waals surface area contributed by atoms with E-state index in [1.165, 1.54) is 4.90 Å². The number of hydrogen-bond donors (Lipinski definition) is 1. The van der Waals surface area contributed by atoms with Crippen molar-refractivity contribution in [2.75, 3.05) is 11.9 Å². The van der Waals surface area contributed by atoms with E-state index in [9.17, 15) is 4.79 Å². The van der Waals surface area contributed by atoms with Crippen LogP contribution in [-0.4, -0.2) is 17.3 Å². The van der Waals surface area contributed by atoms with Gasteiger partial charge in [0.15, 0.2) is 11.5 Å². The molecule has 0 radical (unpaired) electrons. The maximum Gasteiger partial charge on any atom is 0.282 e. The lowest BCUT2D eigenvalue weighted by Gasteiger charge is -2.13. The first-order chi connectivity index (χ1) is 7.08. The summed E-state index contributed by atoms with van der Waals surface area (Å²) in [4.78, 5) is 16.7. The standard InChI is InChI=1S/C10H10N2O2S/c1-6-11-8-5-7(12(2)10(13)15)3-4-9(8)14-6/h3-5H,1-2H3,(H,13,15). The molecule has 0 aliphatic carbocycles. The maximum atomic E-state index is 11.0. The predicted octanol–water partition coefficient (Wildman–Crippen LogP) is 2.62. The molecule has 1 aromatic carbocycles. The highest BCUT2D eigenvalue weighted by molar-refractivity contribution is 7.96. The lowest BCUT2D eigenvalue weighted by Crippen LogP contribution is -2.19. The number of hydrogen-bond acceptors (Lipinski definition) is 3. The molecule has 0 bridgehead atoms. The van der Waals surface area contributed by atoms with Crippen LogP contribution in [0.5, 0.6) is 0 Å². The van der Waals surface area contributed by atoms with Gasteiger partial charge in [-0.05, 0) is 18.2 Å². The SMILES string of the molecule is Cc1nc2cc(N(C)C(=O)S)ccc2o1. The number of fused-ring (bicyclic) bond motifs is 1. The van der Waals surface area contributed by atoms with Crippen LogP contribution in [0.3, 0.4) is 0 Å². The van der Waals surface area contributed by atoms with Gasteiger partial charge in [-0.1, -0.05) is 12.6 Å². The van der Waals surface area contributed by atoms with E-state index < -0.39 is 0 Å². The van der Waals surface area contributed by atoms with Gasteiger partial charge < -0.3 is 9.32 Å². The van der Waals surface area contributed by atoms with Crippen LogP contribution in [0, 0.1) is 6.92 Å². The van der Waals surface area contributed by atoms with Crippen molar-refractivity contribution in [2.24, 2.45) is 0 Å². The molecule has 1 heterocycles. The molecule has 15 heavy (non-hydrogen) atoms. The summed E-state index contributed by atoms with van der Waals surface area (Å²) in [5.41, 5.74) is 2.21. The summed E-state index contributed by atoms with van der Waals surface area (Å²) in [6.45, 7) is 1.78. The van der Waals surface area contributed by atoms with E-state index in [2.05, 4.69) is 17.6 Å². The molecule has 2 rings (SSSR count). The minimum absolute atomic E-state index is 0.311. The molecule has 0 aliphatic rings. The fraction of sp³-hybridized carbons (Fsp3) is 0.200. The van der Waals surface area contributed by atoms with Gasteiger partial charge in [0.05, 0.1) is 0 Å². The molecule has 5 heteroatoms. The first kappa shape index (κ1) is 10.0. The summed E-state index contributed by atoms with van der Waals surface area (Å²) in [5, 5.41) is -0.311. The fourth-order valence-electron chi connectivity index (χ4n) is 1.35. The highest BCUT2D eigenvalue weighted by Gasteiger charge is 2.09. The second kappa shape index (κ2) is 3.58. The minimum atomic E-state index is -0.311. The molecule has 0 spiro atoms. The second-order valence-electron chi connectivity index (χ2n) is 3.23. The molecular weight excluding hydrogens is 212 g/mol. The summed E-state index contributed by atoms with van der Waals surface area (Å²) in [6, 6.07) is 5.37. The third kappa shape index (κ3) is 1.83. The molecule has 1 aromatic heterocycles. The van der Waals surface area contributed by atoms with Gasteiger partial charge in [0.25, 0.3) is 5.24 Å². The second-order valence-corrected chi connectivity index (χ2v) is 3.61. The Hall–Kier alpha value is -1.49. The fourth-order valence-corrected chi connectivity index (χ4v) is 1.47. The highest BCUT2D eigenvalue weighted by atomic mass is 32.1. The summed E-state index contributed by atoms with van der Waals surface area (Å²) >= 11 is 3.75. The highest BCUT2D eigenvalue weighted by Crippen LogP contribution is 2.22. The van der Waals surface area contributed by atoms with Crippen molar-refractivity contribution < 1.29 is 9.21 Å². The van der Waals surface area contributed by atoms with Gasteiger partial charge in [-0.3, -0.25) is 4.79 Å². The quantitative estimate of drug-likeness (QED) is 0.754. The summed E-state index contributed by atoms with van der Waals surface area (Å²) in [5.74, 6) is 0.613. The molecule has 0 aliphatic heterocycles. The molecule has 4 nitrogen and oxygen atoms in total. The molecule has 1 amide bonds. The van der Waals surface area contributed by atoms with Crippen LogP contribution in [-0.2, 0) is 0 Å². The van der Waals surface area contributed by atoms with Crippen molar-refractivity contribution >= 4 is 34.7 Å². The van der Waals surface area contributed by atoms with Crippen LogP contribution in [0.25, 0.3) is 11.1 Å². The van der Waals surface area contributed by atoms with Crippen molar-refractivity contribution in [3.63, 3.8) is 0 Å². The van der Waals surface area contributed by atoms with E-state index >= 15 is 0 Å². The molecule has 0 fully saturated rings. The zero-order valence-electron chi connectivity index (χ0n) is 8.39. The van der Waals surface area contributed by atoms with Gasteiger partial charge in [-0.25, -0.2) is 4.98 Å². The number of carbonyl (C=O) groups is 1. The van der Waals surface area contributed by atoms with Gasteiger partial charge in [0, 0.05) is 19.7 Å². The molecule has 0 unspecified atom stereocenters. The van der Waals surface area contributed by atoms with Crippen LogP contribution in [0.4, 0.5) is 10.5 Å². The molecule has 0 atom stereocenters. The van der Waals surface area contributed by atoms with Gasteiger partial charge in [0.2, 0.25) is 0 Å². The largest absolute Gasteiger partial charge is 0.441 e. The van der Waals surface area contributed by atoms with Gasteiger partial charge in [-0.2, -0.15) is 0 Å². The van der Waals surface area contributed by atoms with E-state index in [-0.39, 0.29) is 5.24 Å². The lowest BCUT2D eigenvalue weighted by molar-refractivity contribution is 0.266. The smallest absolute Gasteiger partial charge is 0.282 e. The number of aromatic nitrogens is 1. The van der Waals surface area contributed by atoms with Crippen molar-refractivity contribution in [1.82, 2.24) is 4.98 Å². The normalized spacial score (nSPS) is 10.6. The number of carbonyl (C=O) groups excluding carboxylic acids is 1. The Bertz CT molecular complexity index is 521. The average Bonchev–Trinajstić information content (AvgIpc) is 2.55. The Kier molecular flexibility index (Phi) is 2.40. The minimum Gasteiger partial charge on any atom is -0.441 e.